The predicted molar refractivity (Wildman–Crippen MR) is 88.7 cm³/mol. The molecule has 4 heteroatoms. The average molecular weight is 305 g/mol. The Labute approximate surface area is 133 Å². The van der Waals surface area contributed by atoms with Crippen molar-refractivity contribution in [3.8, 4) is 5.75 Å². The Bertz CT molecular complexity index is 500. The second-order valence-corrected chi connectivity index (χ2v) is 6.48. The number of benzene rings is 1. The molecule has 1 aromatic carbocycles. The van der Waals surface area contributed by atoms with Crippen LogP contribution >= 0.6 is 0 Å². The fourth-order valence-corrected chi connectivity index (χ4v) is 2.11. The van der Waals surface area contributed by atoms with Gasteiger partial charge >= 0.3 is 6.16 Å². The monoisotopic (exact) mass is 305 g/mol. The summed E-state index contributed by atoms with van der Waals surface area (Å²) in [5, 5.41) is 0. The lowest BCUT2D eigenvalue weighted by molar-refractivity contribution is 0.0206. The number of carbonyl (C=O) groups is 1. The summed E-state index contributed by atoms with van der Waals surface area (Å²) in [5.74, 6) is 0.749. The normalized spacial score (nSPS) is 12.5. The minimum Gasteiger partial charge on any atom is -0.428 e. The van der Waals surface area contributed by atoms with Crippen LogP contribution in [0, 0.1) is 5.92 Å². The summed E-state index contributed by atoms with van der Waals surface area (Å²) in [6, 6.07) is 7.40. The molecule has 2 N–H and O–H groups in total. The van der Waals surface area contributed by atoms with Gasteiger partial charge in [-0.1, -0.05) is 32.1 Å². The molecule has 0 fully saturated rings. The Morgan fingerprint density at radius 3 is 2.32 bits per heavy atom. The number of rotatable bonds is 6. The van der Waals surface area contributed by atoms with E-state index in [-0.39, 0.29) is 5.92 Å². The lowest BCUT2D eigenvalue weighted by Gasteiger charge is -2.19. The van der Waals surface area contributed by atoms with Crippen LogP contribution in [0.15, 0.2) is 36.5 Å². The molecule has 0 heterocycles. The number of ether oxygens (including phenoxy) is 2. The molecule has 0 saturated carbocycles. The molecule has 4 nitrogen and oxygen atoms in total. The molecule has 0 aliphatic heterocycles. The Kier molecular flexibility index (Phi) is 6.47. The van der Waals surface area contributed by atoms with E-state index in [1.807, 2.05) is 12.1 Å². The molecule has 0 aliphatic carbocycles. The van der Waals surface area contributed by atoms with Gasteiger partial charge in [0.2, 0.25) is 0 Å². The summed E-state index contributed by atoms with van der Waals surface area (Å²) >= 11 is 0. The minimum absolute atomic E-state index is 0.280. The molecule has 0 aliphatic rings. The van der Waals surface area contributed by atoms with Crippen LogP contribution < -0.4 is 10.5 Å². The minimum atomic E-state index is -0.695. The van der Waals surface area contributed by atoms with Crippen LogP contribution in [0.25, 0.3) is 0 Å². The fraction of sp³-hybridized carbons (Fsp3) is 0.500. The van der Waals surface area contributed by atoms with Gasteiger partial charge in [-0.15, -0.1) is 0 Å². The van der Waals surface area contributed by atoms with Gasteiger partial charge in [-0.05, 0) is 51.3 Å². The summed E-state index contributed by atoms with van der Waals surface area (Å²) in [6.07, 6.45) is 2.24. The van der Waals surface area contributed by atoms with E-state index in [0.717, 1.165) is 30.5 Å². The first kappa shape index (κ1) is 18.1. The Balaban J connectivity index is 2.62. The van der Waals surface area contributed by atoms with Crippen LogP contribution in [0.5, 0.6) is 5.75 Å². The van der Waals surface area contributed by atoms with Gasteiger partial charge in [-0.25, -0.2) is 4.79 Å². The van der Waals surface area contributed by atoms with Crippen molar-refractivity contribution in [3.63, 3.8) is 0 Å². The molecule has 0 aromatic heterocycles. The first-order valence-electron chi connectivity index (χ1n) is 7.65. The molecule has 0 spiro atoms. The van der Waals surface area contributed by atoms with Gasteiger partial charge in [-0.3, -0.25) is 0 Å². The predicted octanol–water partition coefficient (Wildman–Crippen LogP) is 4.43. The number of hydrogen-bond donors (Lipinski definition) is 1. The van der Waals surface area contributed by atoms with Crippen molar-refractivity contribution >= 4 is 6.16 Å². The maximum Gasteiger partial charge on any atom is 0.514 e. The first-order chi connectivity index (χ1) is 10.2. The van der Waals surface area contributed by atoms with Crippen LogP contribution in [0.1, 0.15) is 46.1 Å². The third-order valence-electron chi connectivity index (χ3n) is 3.16. The smallest absolute Gasteiger partial charge is 0.428 e. The van der Waals surface area contributed by atoms with E-state index in [2.05, 4.69) is 13.5 Å². The van der Waals surface area contributed by atoms with Crippen molar-refractivity contribution in [1.82, 2.24) is 0 Å². The molecular formula is C18H27NO3. The molecule has 22 heavy (non-hydrogen) atoms. The molecule has 1 aromatic rings. The van der Waals surface area contributed by atoms with Gasteiger partial charge in [0.1, 0.15) is 11.4 Å². The van der Waals surface area contributed by atoms with E-state index in [4.69, 9.17) is 15.2 Å². The Hall–Kier alpha value is -1.97. The van der Waals surface area contributed by atoms with Crippen molar-refractivity contribution in [2.24, 2.45) is 11.7 Å². The lowest BCUT2D eigenvalue weighted by atomic mass is 9.93. The second-order valence-electron chi connectivity index (χ2n) is 6.48. The average Bonchev–Trinajstić information content (AvgIpc) is 2.38. The van der Waals surface area contributed by atoms with Crippen LogP contribution in [-0.2, 0) is 11.2 Å². The van der Waals surface area contributed by atoms with Crippen LogP contribution in [-0.4, -0.2) is 11.8 Å². The molecule has 0 unspecified atom stereocenters. The highest BCUT2D eigenvalue weighted by Gasteiger charge is 2.18. The van der Waals surface area contributed by atoms with Gasteiger partial charge in [0.05, 0.1) is 0 Å². The third-order valence-corrected chi connectivity index (χ3v) is 3.16. The van der Waals surface area contributed by atoms with E-state index < -0.39 is 11.8 Å². The molecule has 122 valence electrons. The number of hydrogen-bond acceptors (Lipinski definition) is 4. The first-order valence-corrected chi connectivity index (χ1v) is 7.65. The molecule has 0 radical (unpaired) electrons. The Morgan fingerprint density at radius 1 is 1.27 bits per heavy atom. The van der Waals surface area contributed by atoms with E-state index in [0.29, 0.717) is 5.75 Å². The van der Waals surface area contributed by atoms with E-state index >= 15 is 0 Å². The SMILES string of the molecule is C=C(N)[C@@H](CCC)Cc1ccc(OC(=O)OC(C)(C)C)cc1. The largest absolute Gasteiger partial charge is 0.514 e. The van der Waals surface area contributed by atoms with E-state index in [1.165, 1.54) is 0 Å². The molecule has 0 saturated heterocycles. The zero-order chi connectivity index (χ0) is 16.8. The Morgan fingerprint density at radius 2 is 1.86 bits per heavy atom. The van der Waals surface area contributed by atoms with Gasteiger partial charge < -0.3 is 15.2 Å². The number of allylic oxidation sites excluding steroid dienone is 1. The third kappa shape index (κ3) is 6.66. The summed E-state index contributed by atoms with van der Waals surface area (Å²) in [5.41, 5.74) is 7.14. The summed E-state index contributed by atoms with van der Waals surface area (Å²) in [7, 11) is 0. The van der Waals surface area contributed by atoms with E-state index in [9.17, 15) is 4.79 Å². The van der Waals surface area contributed by atoms with Gasteiger partial charge in [0, 0.05) is 11.6 Å². The maximum absolute atomic E-state index is 11.6. The summed E-state index contributed by atoms with van der Waals surface area (Å²) < 4.78 is 10.3. The highest BCUT2D eigenvalue weighted by Crippen LogP contribution is 2.21. The fourth-order valence-electron chi connectivity index (χ4n) is 2.11. The maximum atomic E-state index is 11.6. The van der Waals surface area contributed by atoms with Crippen LogP contribution in [0.4, 0.5) is 4.79 Å². The molecule has 1 atom stereocenters. The summed E-state index contributed by atoms with van der Waals surface area (Å²) in [4.78, 5) is 11.6. The summed E-state index contributed by atoms with van der Waals surface area (Å²) in [6.45, 7) is 11.4. The molecule has 1 rings (SSSR count). The van der Waals surface area contributed by atoms with Gasteiger partial charge in [-0.2, -0.15) is 0 Å². The second kappa shape index (κ2) is 7.87. The molecule has 0 bridgehead atoms. The number of carbonyl (C=O) groups excluding carboxylic acids is 1. The zero-order valence-corrected chi connectivity index (χ0v) is 14.0. The highest BCUT2D eigenvalue weighted by atomic mass is 16.7. The molecular weight excluding hydrogens is 278 g/mol. The highest BCUT2D eigenvalue weighted by molar-refractivity contribution is 5.64. The van der Waals surface area contributed by atoms with E-state index in [1.54, 1.807) is 32.9 Å². The molecule has 0 amide bonds. The van der Waals surface area contributed by atoms with Gasteiger partial charge in [0.25, 0.3) is 0 Å². The standard InChI is InChI=1S/C18H27NO3/c1-6-7-15(13(2)19)12-14-8-10-16(11-9-14)21-17(20)22-18(3,4)5/h8-11,15H,2,6-7,12,19H2,1,3-5H3/t15-/m0/s1. The van der Waals surface area contributed by atoms with Crippen LogP contribution in [0.3, 0.4) is 0 Å². The van der Waals surface area contributed by atoms with Crippen LogP contribution in [0.2, 0.25) is 0 Å². The number of nitrogens with two attached hydrogens (primary N) is 1. The lowest BCUT2D eigenvalue weighted by Crippen LogP contribution is -2.25. The van der Waals surface area contributed by atoms with Crippen molar-refractivity contribution in [2.45, 2.75) is 52.6 Å². The van der Waals surface area contributed by atoms with Crippen molar-refractivity contribution in [2.75, 3.05) is 0 Å². The van der Waals surface area contributed by atoms with Crippen molar-refractivity contribution < 1.29 is 14.3 Å². The topological polar surface area (TPSA) is 61.5 Å². The zero-order valence-electron chi connectivity index (χ0n) is 14.0. The van der Waals surface area contributed by atoms with Gasteiger partial charge in [0.15, 0.2) is 0 Å². The van der Waals surface area contributed by atoms with Crippen molar-refractivity contribution in [3.05, 3.63) is 42.1 Å². The van der Waals surface area contributed by atoms with Crippen molar-refractivity contribution in [1.29, 1.82) is 0 Å². The quantitative estimate of drug-likeness (QED) is 0.624.